The summed E-state index contributed by atoms with van der Waals surface area (Å²) in [5.74, 6) is 2.33. The third-order valence-corrected chi connectivity index (χ3v) is 4.83. The molecule has 2 aliphatic rings. The van der Waals surface area contributed by atoms with Crippen molar-refractivity contribution in [2.24, 2.45) is 17.6 Å². The Morgan fingerprint density at radius 3 is 2.27 bits per heavy atom. The molecule has 0 spiro atoms. The van der Waals surface area contributed by atoms with Crippen molar-refractivity contribution in [3.05, 3.63) is 29.8 Å². The van der Waals surface area contributed by atoms with Crippen LogP contribution in [0.15, 0.2) is 24.3 Å². The average Bonchev–Trinajstić information content (AvgIpc) is 3.11. The maximum Gasteiger partial charge on any atom is 0.261 e. The van der Waals surface area contributed by atoms with Gasteiger partial charge in [0.2, 0.25) is 5.91 Å². The number of hydrogen-bond acceptors (Lipinski definition) is 5. The molecule has 3 N–H and O–H groups in total. The highest BCUT2D eigenvalue weighted by Gasteiger charge is 2.35. The minimum atomic E-state index is -3.67. The second-order valence-electron chi connectivity index (χ2n) is 7.03. The topological polar surface area (TPSA) is 110 Å². The quantitative estimate of drug-likeness (QED) is 0.571. The fourth-order valence-electron chi connectivity index (χ4n) is 3.71. The molecule has 1 heterocycles. The second-order valence-corrected chi connectivity index (χ2v) is 8.50. The van der Waals surface area contributed by atoms with E-state index in [4.69, 9.17) is 15.0 Å². The molecule has 1 aromatic rings. The van der Waals surface area contributed by atoms with E-state index in [9.17, 15) is 13.2 Å². The summed E-state index contributed by atoms with van der Waals surface area (Å²) in [6.45, 7) is 4.43. The van der Waals surface area contributed by atoms with E-state index in [0.717, 1.165) is 37.2 Å². The molecule has 0 unspecified atom stereocenters. The smallest absolute Gasteiger partial charge is 0.261 e. The van der Waals surface area contributed by atoms with Gasteiger partial charge in [-0.25, -0.2) is 0 Å². The van der Waals surface area contributed by atoms with Gasteiger partial charge in [0.15, 0.2) is 0 Å². The van der Waals surface area contributed by atoms with Crippen molar-refractivity contribution in [3.63, 3.8) is 0 Å². The number of primary amides is 1. The summed E-state index contributed by atoms with van der Waals surface area (Å²) in [4.78, 5) is 13.6. The first-order valence-electron chi connectivity index (χ1n) is 8.90. The second kappa shape index (κ2) is 9.34. The van der Waals surface area contributed by atoms with Gasteiger partial charge in [-0.3, -0.25) is 9.35 Å². The number of carbonyl (C=O) groups excluding carboxylic acids is 1. The molecule has 1 aromatic carbocycles. The van der Waals surface area contributed by atoms with E-state index in [1.165, 1.54) is 32.4 Å². The zero-order valence-electron chi connectivity index (χ0n) is 15.1. The monoisotopic (exact) mass is 384 g/mol. The molecule has 3 rings (SSSR count). The third kappa shape index (κ3) is 7.31. The first-order chi connectivity index (χ1) is 12.2. The Morgan fingerprint density at radius 2 is 1.77 bits per heavy atom. The Morgan fingerprint density at radius 1 is 1.23 bits per heavy atom. The molecule has 0 bridgehead atoms. The predicted octanol–water partition coefficient (Wildman–Crippen LogP) is 1.79. The van der Waals surface area contributed by atoms with Gasteiger partial charge in [0.05, 0.1) is 12.9 Å². The van der Waals surface area contributed by atoms with E-state index in [1.807, 2.05) is 0 Å². The van der Waals surface area contributed by atoms with E-state index < -0.39 is 16.0 Å². The molecule has 0 radical (unpaired) electrons. The van der Waals surface area contributed by atoms with Crippen LogP contribution in [0.5, 0.6) is 5.75 Å². The van der Waals surface area contributed by atoms with Crippen LogP contribution in [-0.2, 0) is 10.1 Å². The van der Waals surface area contributed by atoms with Crippen LogP contribution in [0.2, 0.25) is 0 Å². The van der Waals surface area contributed by atoms with E-state index >= 15 is 0 Å². The highest BCUT2D eigenvalue weighted by Crippen LogP contribution is 2.37. The summed E-state index contributed by atoms with van der Waals surface area (Å²) in [5, 5.41) is 0. The molecule has 0 aromatic heterocycles. The lowest BCUT2D eigenvalue weighted by molar-refractivity contribution is 0.1000. The van der Waals surface area contributed by atoms with Crippen molar-refractivity contribution >= 4 is 16.0 Å². The Bertz CT molecular complexity index is 670. The number of ether oxygens (including phenoxy) is 1. The maximum atomic E-state index is 11.0. The normalized spacial score (nSPS) is 22.4. The average molecular weight is 384 g/mol. The number of carbonyl (C=O) groups is 1. The standard InChI is InChI=1S/C17H24N2O2.CH4O3S/c18-17(20)13-5-7-16(8-6-13)21-10-2-9-19-11-14-3-1-4-15(14)12-19;1-5(2,3)4/h5-8,14-15H,1-4,9-12H2,(H2,18,20);1H3,(H,2,3,4)/t14-,15+;. The number of likely N-dealkylation sites (tertiary alicyclic amines) is 1. The minimum absolute atomic E-state index is 0.402. The van der Waals surface area contributed by atoms with Crippen LogP contribution < -0.4 is 10.5 Å². The molecule has 146 valence electrons. The fraction of sp³-hybridized carbons (Fsp3) is 0.611. The SMILES string of the molecule is CS(=O)(=O)O.NC(=O)c1ccc(OCCCN2C[C@H]3CCC[C@H]3C2)cc1. The van der Waals surface area contributed by atoms with E-state index in [1.54, 1.807) is 24.3 Å². The molecule has 26 heavy (non-hydrogen) atoms. The van der Waals surface area contributed by atoms with E-state index in [2.05, 4.69) is 4.90 Å². The first-order valence-corrected chi connectivity index (χ1v) is 10.7. The Kier molecular flexibility index (Phi) is 7.43. The van der Waals surface area contributed by atoms with Gasteiger partial charge in [-0.2, -0.15) is 8.42 Å². The van der Waals surface area contributed by atoms with E-state index in [-0.39, 0.29) is 0 Å². The lowest BCUT2D eigenvalue weighted by Gasteiger charge is -2.16. The van der Waals surface area contributed by atoms with E-state index in [0.29, 0.717) is 11.8 Å². The molecule has 8 heteroatoms. The lowest BCUT2D eigenvalue weighted by atomic mass is 10.0. The van der Waals surface area contributed by atoms with Crippen LogP contribution in [0.1, 0.15) is 36.0 Å². The molecular formula is C18H28N2O5S. The third-order valence-electron chi connectivity index (χ3n) is 4.83. The molecule has 1 aliphatic heterocycles. The fourth-order valence-corrected chi connectivity index (χ4v) is 3.71. The predicted molar refractivity (Wildman–Crippen MR) is 99.8 cm³/mol. The molecule has 1 saturated heterocycles. The highest BCUT2D eigenvalue weighted by atomic mass is 32.2. The van der Waals surface area contributed by atoms with Gasteiger partial charge in [-0.15, -0.1) is 0 Å². The molecular weight excluding hydrogens is 356 g/mol. The number of fused-ring (bicyclic) bond motifs is 1. The van der Waals surface area contributed by atoms with Gasteiger partial charge in [0, 0.05) is 25.2 Å². The largest absolute Gasteiger partial charge is 0.494 e. The molecule has 1 saturated carbocycles. The number of rotatable bonds is 6. The summed E-state index contributed by atoms with van der Waals surface area (Å²) in [6, 6.07) is 7.03. The van der Waals surface area contributed by atoms with Gasteiger partial charge < -0.3 is 15.4 Å². The summed E-state index contributed by atoms with van der Waals surface area (Å²) >= 11 is 0. The summed E-state index contributed by atoms with van der Waals surface area (Å²) in [5.41, 5.74) is 5.73. The molecule has 2 atom stereocenters. The van der Waals surface area contributed by atoms with Gasteiger partial charge in [0.1, 0.15) is 5.75 Å². The van der Waals surface area contributed by atoms with Crippen molar-refractivity contribution in [1.82, 2.24) is 4.90 Å². The number of nitrogens with zero attached hydrogens (tertiary/aromatic N) is 1. The Hall–Kier alpha value is -1.64. The first kappa shape index (κ1) is 20.7. The molecule has 2 fully saturated rings. The molecule has 1 aliphatic carbocycles. The van der Waals surface area contributed by atoms with Crippen LogP contribution in [0, 0.1) is 11.8 Å². The zero-order chi connectivity index (χ0) is 19.2. The number of nitrogens with two attached hydrogens (primary N) is 1. The van der Waals surface area contributed by atoms with Crippen molar-refractivity contribution in [1.29, 1.82) is 0 Å². The summed E-state index contributed by atoms with van der Waals surface area (Å²) in [7, 11) is -3.67. The molecule has 7 nitrogen and oxygen atoms in total. The summed E-state index contributed by atoms with van der Waals surface area (Å²) in [6.07, 6.45) is 6.07. The minimum Gasteiger partial charge on any atom is -0.494 e. The zero-order valence-corrected chi connectivity index (χ0v) is 16.0. The Labute approximate surface area is 155 Å². The van der Waals surface area contributed by atoms with Crippen LogP contribution in [0.3, 0.4) is 0 Å². The lowest BCUT2D eigenvalue weighted by Crippen LogP contribution is -2.24. The van der Waals surface area contributed by atoms with Crippen LogP contribution in [-0.4, -0.2) is 56.3 Å². The Balaban J connectivity index is 0.000000431. The number of benzene rings is 1. The number of hydrogen-bond donors (Lipinski definition) is 2. The summed E-state index contributed by atoms with van der Waals surface area (Å²) < 4.78 is 31.6. The maximum absolute atomic E-state index is 11.0. The van der Waals surface area contributed by atoms with Gasteiger partial charge in [0.25, 0.3) is 10.1 Å². The van der Waals surface area contributed by atoms with Crippen molar-refractivity contribution in [3.8, 4) is 5.75 Å². The van der Waals surface area contributed by atoms with Gasteiger partial charge in [-0.05, 0) is 55.4 Å². The molecule has 1 amide bonds. The van der Waals surface area contributed by atoms with Crippen molar-refractivity contribution < 1.29 is 22.5 Å². The van der Waals surface area contributed by atoms with Crippen LogP contribution >= 0.6 is 0 Å². The van der Waals surface area contributed by atoms with Gasteiger partial charge >= 0.3 is 0 Å². The van der Waals surface area contributed by atoms with Gasteiger partial charge in [-0.1, -0.05) is 6.42 Å². The van der Waals surface area contributed by atoms with Crippen molar-refractivity contribution in [2.45, 2.75) is 25.7 Å². The van der Waals surface area contributed by atoms with Crippen LogP contribution in [0.25, 0.3) is 0 Å². The highest BCUT2D eigenvalue weighted by molar-refractivity contribution is 7.85. The van der Waals surface area contributed by atoms with Crippen molar-refractivity contribution in [2.75, 3.05) is 32.5 Å². The number of amides is 1. The van der Waals surface area contributed by atoms with Crippen LogP contribution in [0.4, 0.5) is 0 Å².